The van der Waals surface area contributed by atoms with Crippen LogP contribution in [0.15, 0.2) is 47.1 Å². The van der Waals surface area contributed by atoms with Crippen LogP contribution < -0.4 is 10.6 Å². The number of alkyl halides is 5. The topological polar surface area (TPSA) is 105 Å². The monoisotopic (exact) mass is 662 g/mol. The van der Waals surface area contributed by atoms with Gasteiger partial charge in [-0.3, -0.25) is 9.59 Å². The van der Waals surface area contributed by atoms with Crippen LogP contribution in [-0.2, 0) is 14.3 Å². The van der Waals surface area contributed by atoms with Crippen molar-refractivity contribution in [2.75, 3.05) is 19.7 Å². The lowest BCUT2D eigenvalue weighted by Gasteiger charge is -2.57. The van der Waals surface area contributed by atoms with Crippen molar-refractivity contribution in [1.29, 1.82) is 0 Å². The van der Waals surface area contributed by atoms with Crippen LogP contribution in [0.3, 0.4) is 0 Å². The van der Waals surface area contributed by atoms with Crippen LogP contribution in [0.5, 0.6) is 0 Å². The van der Waals surface area contributed by atoms with Crippen molar-refractivity contribution in [2.24, 2.45) is 17.3 Å². The summed E-state index contributed by atoms with van der Waals surface area (Å²) in [6.45, 7) is 5.21. The fourth-order valence-corrected chi connectivity index (χ4v) is 8.18. The maximum atomic E-state index is 17.2. The van der Waals surface area contributed by atoms with Gasteiger partial charge < -0.3 is 20.5 Å². The molecule has 2 fully saturated rings. The zero-order chi connectivity index (χ0) is 34.3. The van der Waals surface area contributed by atoms with Gasteiger partial charge in [0.2, 0.25) is 0 Å². The normalized spacial score (nSPS) is 35.9. The Labute approximate surface area is 270 Å². The summed E-state index contributed by atoms with van der Waals surface area (Å²) < 4.78 is 84.4. The van der Waals surface area contributed by atoms with Crippen LogP contribution >= 0.6 is 0 Å². The third-order valence-electron chi connectivity index (χ3n) is 10.6. The van der Waals surface area contributed by atoms with E-state index in [1.807, 2.05) is 0 Å². The van der Waals surface area contributed by atoms with E-state index in [1.54, 1.807) is 26.0 Å². The second-order valence-corrected chi connectivity index (χ2v) is 12.8. The lowest BCUT2D eigenvalue weighted by molar-refractivity contribution is -0.143. The molecule has 12 heteroatoms. The highest BCUT2D eigenvalue weighted by atomic mass is 19.2. The van der Waals surface area contributed by atoms with E-state index >= 15 is 17.6 Å². The van der Waals surface area contributed by atoms with Gasteiger partial charge in [0, 0.05) is 29.4 Å². The van der Waals surface area contributed by atoms with Crippen LogP contribution in [-0.4, -0.2) is 79.0 Å². The fraction of sp³-hybridized carbons (Fsp3) is 0.571. The van der Waals surface area contributed by atoms with Crippen LogP contribution in [0.2, 0.25) is 0 Å². The number of aliphatic hydroxyl groups is 1. The zero-order valence-corrected chi connectivity index (χ0v) is 26.4. The van der Waals surface area contributed by atoms with Crippen molar-refractivity contribution in [3.05, 3.63) is 58.2 Å². The molecule has 0 saturated heterocycles. The largest absolute Gasteiger partial charge is 0.466 e. The number of hydrogen-bond donors (Lipinski definition) is 3. The minimum atomic E-state index is -2.63. The van der Waals surface area contributed by atoms with Gasteiger partial charge in [-0.2, -0.15) is 0 Å². The molecule has 2 saturated carbocycles. The average molecular weight is 663 g/mol. The van der Waals surface area contributed by atoms with Gasteiger partial charge in [0.1, 0.15) is 12.3 Å². The van der Waals surface area contributed by atoms with Gasteiger partial charge in [0.25, 0.3) is 0 Å². The number of halogens is 5. The third kappa shape index (κ3) is 5.85. The Morgan fingerprint density at radius 1 is 1.04 bits per heavy atom. The van der Waals surface area contributed by atoms with Gasteiger partial charge in [0.05, 0.1) is 25.2 Å². The Kier molecular flexibility index (Phi) is 9.88. The number of carbonyl (C=O) groups is 3. The van der Waals surface area contributed by atoms with Crippen LogP contribution in [0.4, 0.5) is 26.7 Å². The number of carbonyl (C=O) groups excluding carboxylic acids is 3. The molecule has 2 amide bonds. The van der Waals surface area contributed by atoms with Gasteiger partial charge in [-0.05, 0) is 72.6 Å². The van der Waals surface area contributed by atoms with Crippen molar-refractivity contribution in [3.8, 4) is 11.8 Å². The number of rotatable bonds is 7. The highest BCUT2D eigenvalue weighted by molar-refractivity contribution is 5.98. The van der Waals surface area contributed by atoms with Gasteiger partial charge in [-0.15, -0.1) is 0 Å². The molecule has 1 aromatic rings. The Morgan fingerprint density at radius 3 is 2.40 bits per heavy atom. The van der Waals surface area contributed by atoms with Crippen LogP contribution in [0, 0.1) is 29.1 Å². The molecule has 0 aliphatic heterocycles. The van der Waals surface area contributed by atoms with Crippen molar-refractivity contribution in [3.63, 3.8) is 0 Å². The first-order chi connectivity index (χ1) is 22.3. The highest BCUT2D eigenvalue weighted by Crippen LogP contribution is 2.68. The molecule has 5 unspecified atom stereocenters. The number of esters is 1. The van der Waals surface area contributed by atoms with E-state index in [1.165, 1.54) is 19.1 Å². The summed E-state index contributed by atoms with van der Waals surface area (Å²) in [6.07, 6.45) is -10.7. The van der Waals surface area contributed by atoms with Gasteiger partial charge in [-0.1, -0.05) is 37.8 Å². The number of amides is 2. The van der Waals surface area contributed by atoms with Crippen LogP contribution in [0.1, 0.15) is 63.5 Å². The molecular formula is C35H39F5N2O5. The Hall–Kier alpha value is -3.72. The molecule has 4 aliphatic carbocycles. The molecule has 3 N–H and O–H groups in total. The SMILES string of the molecule is CCOC(=O)CCNC(=O)NCC#Cc1ccc([C@@H]2C3=C4C(=CC(=O)C(F)C4F)C(F)C(F)[C@H]3[C@@H]3CC[C@@](O)(CC)[C@@]3(C)C2F)cc1. The lowest BCUT2D eigenvalue weighted by Crippen LogP contribution is -2.61. The second-order valence-electron chi connectivity index (χ2n) is 12.8. The van der Waals surface area contributed by atoms with E-state index in [4.69, 9.17) is 4.74 Å². The summed E-state index contributed by atoms with van der Waals surface area (Å²) in [5.41, 5.74) is -3.48. The minimum Gasteiger partial charge on any atom is -0.466 e. The standard InChI is InChI=1S/C35H39F5N2O5/c1-4-35(46)14-12-21-26-27(25-20(28(36)31(26)39)17-22(43)29(37)30(25)38)24(32(40)34(21,35)3)19-10-8-18(9-11-19)7-6-15-41-33(45)42-16-13-23(44)47-5-2/h8-11,17,21,24,26,28-32,46H,4-5,12-16H2,1-3H3,(H2,41,42,45)/t21-,24+,26-,28?,29?,30?,31?,32?,34+,35-/m0/s1. The number of fused-ring (bicyclic) bond motifs is 4. The molecule has 0 bridgehead atoms. The second kappa shape index (κ2) is 13.4. The zero-order valence-electron chi connectivity index (χ0n) is 26.4. The highest BCUT2D eigenvalue weighted by Gasteiger charge is 2.70. The third-order valence-corrected chi connectivity index (χ3v) is 10.6. The number of allylic oxidation sites excluding steroid dienone is 4. The molecule has 47 heavy (non-hydrogen) atoms. The number of urea groups is 1. The maximum Gasteiger partial charge on any atom is 0.315 e. The van der Waals surface area contributed by atoms with Crippen molar-refractivity contribution in [1.82, 2.24) is 10.6 Å². The van der Waals surface area contributed by atoms with Gasteiger partial charge >= 0.3 is 12.0 Å². The number of benzene rings is 1. The predicted molar refractivity (Wildman–Crippen MR) is 163 cm³/mol. The average Bonchev–Trinajstić information content (AvgIpc) is 3.32. The molecule has 4 aliphatic rings. The first kappa shape index (κ1) is 34.6. The smallest absolute Gasteiger partial charge is 0.315 e. The van der Waals surface area contributed by atoms with E-state index in [0.717, 1.165) is 0 Å². The van der Waals surface area contributed by atoms with Crippen molar-refractivity contribution in [2.45, 2.75) is 88.8 Å². The Balaban J connectivity index is 1.45. The van der Waals surface area contributed by atoms with E-state index in [9.17, 15) is 23.9 Å². The van der Waals surface area contributed by atoms with E-state index in [2.05, 4.69) is 22.5 Å². The van der Waals surface area contributed by atoms with E-state index in [0.29, 0.717) is 11.6 Å². The van der Waals surface area contributed by atoms with Gasteiger partial charge in [-0.25, -0.2) is 26.7 Å². The Morgan fingerprint density at radius 2 is 1.74 bits per heavy atom. The molecule has 254 valence electrons. The molecule has 1 aromatic carbocycles. The van der Waals surface area contributed by atoms with Crippen molar-refractivity contribution < 1.29 is 46.2 Å². The summed E-state index contributed by atoms with van der Waals surface area (Å²) in [5, 5.41) is 16.7. The summed E-state index contributed by atoms with van der Waals surface area (Å²) in [6, 6.07) is 5.63. The fourth-order valence-electron chi connectivity index (χ4n) is 8.18. The first-order valence-electron chi connectivity index (χ1n) is 16.0. The molecular weight excluding hydrogens is 623 g/mol. The van der Waals surface area contributed by atoms with E-state index in [-0.39, 0.29) is 56.5 Å². The lowest BCUT2D eigenvalue weighted by atomic mass is 9.49. The number of ether oxygens (including phenoxy) is 1. The quantitative estimate of drug-likeness (QED) is 0.215. The minimum absolute atomic E-state index is 0.0209. The summed E-state index contributed by atoms with van der Waals surface area (Å²) in [4.78, 5) is 35.4. The van der Waals surface area contributed by atoms with Crippen LogP contribution in [0.25, 0.3) is 0 Å². The molecule has 0 aromatic heterocycles. The summed E-state index contributed by atoms with van der Waals surface area (Å²) >= 11 is 0. The molecule has 0 radical (unpaired) electrons. The number of nitrogens with one attached hydrogen (secondary N) is 2. The van der Waals surface area contributed by atoms with E-state index < -0.39 is 88.6 Å². The molecule has 7 nitrogen and oxygen atoms in total. The number of hydrogen-bond acceptors (Lipinski definition) is 5. The maximum absolute atomic E-state index is 17.2. The summed E-state index contributed by atoms with van der Waals surface area (Å²) in [7, 11) is 0. The number of ketones is 1. The molecule has 10 atom stereocenters. The molecule has 0 spiro atoms. The molecule has 5 rings (SSSR count). The van der Waals surface area contributed by atoms with Gasteiger partial charge in [0.15, 0.2) is 24.3 Å². The predicted octanol–water partition coefficient (Wildman–Crippen LogP) is 5.07. The summed E-state index contributed by atoms with van der Waals surface area (Å²) in [5.74, 6) is 0.300. The Bertz CT molecular complexity index is 1540. The van der Waals surface area contributed by atoms with Crippen molar-refractivity contribution >= 4 is 17.8 Å². The molecule has 0 heterocycles. The first-order valence-corrected chi connectivity index (χ1v) is 16.0.